The highest BCUT2D eigenvalue weighted by Crippen LogP contribution is 2.06. The van der Waals surface area contributed by atoms with Crippen molar-refractivity contribution in [3.05, 3.63) is 71.3 Å². The molecule has 252 valence electrons. The number of benzene rings is 2. The Balaban J connectivity index is 1.75. The quantitative estimate of drug-likeness (QED) is 0.0555. The van der Waals surface area contributed by atoms with Crippen molar-refractivity contribution in [2.45, 2.75) is 31.8 Å². The molecule has 0 saturated heterocycles. The molecule has 0 aromatic heterocycles. The molecule has 2 aromatic carbocycles. The molecule has 2 aromatic rings. The number of amides is 2. The Morgan fingerprint density at radius 1 is 0.739 bits per heavy atom. The van der Waals surface area contributed by atoms with E-state index in [9.17, 15) is 24.0 Å². The van der Waals surface area contributed by atoms with E-state index >= 15 is 0 Å². The smallest absolute Gasteiger partial charge is 0.317 e. The first-order chi connectivity index (χ1) is 22.0. The maximum absolute atomic E-state index is 12.7. The minimum absolute atomic E-state index is 0.0558. The molecule has 0 spiro atoms. The van der Waals surface area contributed by atoms with E-state index in [0.29, 0.717) is 19.3 Å². The summed E-state index contributed by atoms with van der Waals surface area (Å²) in [5, 5.41) is 32.5. The number of hydrogen-bond acceptors (Lipinski definition) is 10. The van der Waals surface area contributed by atoms with Crippen LogP contribution in [-0.4, -0.2) is 120 Å². The van der Waals surface area contributed by atoms with Crippen LogP contribution in [0.5, 0.6) is 0 Å². The molecule has 15 heteroatoms. The van der Waals surface area contributed by atoms with E-state index in [2.05, 4.69) is 16.1 Å². The van der Waals surface area contributed by atoms with Crippen molar-refractivity contribution in [1.82, 2.24) is 25.9 Å². The van der Waals surface area contributed by atoms with Crippen LogP contribution in [-0.2, 0) is 48.2 Å². The molecule has 0 aliphatic carbocycles. The number of nitrogens with two attached hydrogens (primary N) is 1. The number of hydroxylamine groups is 1. The summed E-state index contributed by atoms with van der Waals surface area (Å²) in [6, 6.07) is 16.6. The van der Waals surface area contributed by atoms with Crippen LogP contribution in [0.15, 0.2) is 54.6 Å². The third kappa shape index (κ3) is 17.2. The molecular formula is C31H44N6O9. The van der Waals surface area contributed by atoms with Gasteiger partial charge in [0.2, 0.25) is 5.91 Å². The molecule has 0 heterocycles. The monoisotopic (exact) mass is 644 g/mol. The average Bonchev–Trinajstić information content (AvgIpc) is 3.01. The Morgan fingerprint density at radius 2 is 1.35 bits per heavy atom. The van der Waals surface area contributed by atoms with Crippen LogP contribution in [0.25, 0.3) is 0 Å². The summed E-state index contributed by atoms with van der Waals surface area (Å²) in [4.78, 5) is 66.1. The predicted octanol–water partition coefficient (Wildman–Crippen LogP) is -0.699. The Morgan fingerprint density at radius 3 is 1.98 bits per heavy atom. The van der Waals surface area contributed by atoms with Crippen molar-refractivity contribution < 1.29 is 44.1 Å². The Bertz CT molecular complexity index is 1230. The van der Waals surface area contributed by atoms with Gasteiger partial charge >= 0.3 is 17.9 Å². The van der Waals surface area contributed by atoms with Gasteiger partial charge in [0.15, 0.2) is 0 Å². The van der Waals surface area contributed by atoms with Crippen LogP contribution < -0.4 is 21.8 Å². The first-order valence-electron chi connectivity index (χ1n) is 14.9. The molecule has 2 amide bonds. The molecule has 8 N–H and O–H groups in total. The Kier molecular flexibility index (Phi) is 17.5. The maximum Gasteiger partial charge on any atom is 0.317 e. The zero-order valence-electron chi connectivity index (χ0n) is 25.7. The number of carbonyl (C=O) groups excluding carboxylic acids is 2. The van der Waals surface area contributed by atoms with Crippen LogP contribution in [0.3, 0.4) is 0 Å². The number of rotatable bonds is 24. The molecule has 46 heavy (non-hydrogen) atoms. The molecular weight excluding hydrogens is 600 g/mol. The summed E-state index contributed by atoms with van der Waals surface area (Å²) in [7, 11) is 0. The summed E-state index contributed by atoms with van der Waals surface area (Å²) in [5.41, 5.74) is 11.3. The van der Waals surface area contributed by atoms with Crippen molar-refractivity contribution in [1.29, 1.82) is 0 Å². The zero-order chi connectivity index (χ0) is 33.7. The van der Waals surface area contributed by atoms with E-state index in [0.717, 1.165) is 16.7 Å². The van der Waals surface area contributed by atoms with Crippen LogP contribution in [0.4, 0.5) is 0 Å². The number of nitrogens with zero attached hydrogens (tertiary/aromatic N) is 2. The normalized spacial score (nSPS) is 11.7. The largest absolute Gasteiger partial charge is 0.480 e. The Labute approximate surface area is 267 Å². The van der Waals surface area contributed by atoms with Crippen molar-refractivity contribution in [2.24, 2.45) is 5.73 Å². The van der Waals surface area contributed by atoms with Gasteiger partial charge in [0.25, 0.3) is 5.91 Å². The molecule has 0 aliphatic rings. The van der Waals surface area contributed by atoms with Crippen molar-refractivity contribution >= 4 is 29.7 Å². The van der Waals surface area contributed by atoms with Gasteiger partial charge in [-0.05, 0) is 36.0 Å². The van der Waals surface area contributed by atoms with E-state index in [1.807, 2.05) is 54.6 Å². The average molecular weight is 645 g/mol. The summed E-state index contributed by atoms with van der Waals surface area (Å²) < 4.78 is 0. The van der Waals surface area contributed by atoms with Gasteiger partial charge in [-0.3, -0.25) is 38.6 Å². The second kappa shape index (κ2) is 21.3. The predicted molar refractivity (Wildman–Crippen MR) is 167 cm³/mol. The van der Waals surface area contributed by atoms with Gasteiger partial charge in [0.1, 0.15) is 0 Å². The van der Waals surface area contributed by atoms with E-state index in [4.69, 9.17) is 25.9 Å². The van der Waals surface area contributed by atoms with Gasteiger partial charge in [-0.1, -0.05) is 54.6 Å². The minimum Gasteiger partial charge on any atom is -0.480 e. The van der Waals surface area contributed by atoms with Gasteiger partial charge in [-0.2, -0.15) is 0 Å². The number of hydrogen-bond donors (Lipinski definition) is 7. The highest BCUT2D eigenvalue weighted by atomic mass is 16.6. The van der Waals surface area contributed by atoms with Crippen molar-refractivity contribution in [3.63, 3.8) is 0 Å². The molecule has 2 rings (SSSR count). The lowest BCUT2D eigenvalue weighted by Gasteiger charge is -2.25. The van der Waals surface area contributed by atoms with E-state index in [1.54, 1.807) is 4.90 Å². The van der Waals surface area contributed by atoms with Gasteiger partial charge in [-0.15, -0.1) is 0 Å². The number of aliphatic carboxylic acids is 3. The molecule has 0 fully saturated rings. The molecule has 0 unspecified atom stereocenters. The van der Waals surface area contributed by atoms with Crippen LogP contribution in [0, 0.1) is 0 Å². The fourth-order valence-corrected chi connectivity index (χ4v) is 4.33. The highest BCUT2D eigenvalue weighted by Gasteiger charge is 2.17. The molecule has 1 atom stereocenters. The Hall–Kier alpha value is -4.41. The topological polar surface area (TPSA) is 224 Å². The van der Waals surface area contributed by atoms with Crippen LogP contribution in [0.2, 0.25) is 0 Å². The lowest BCUT2D eigenvalue weighted by atomic mass is 10.1. The van der Waals surface area contributed by atoms with E-state index in [-0.39, 0.29) is 64.2 Å². The minimum atomic E-state index is -1.17. The molecule has 0 radical (unpaired) electrons. The van der Waals surface area contributed by atoms with Crippen LogP contribution in [0.1, 0.15) is 23.1 Å². The third-order valence-electron chi connectivity index (χ3n) is 6.80. The first-order valence-corrected chi connectivity index (χ1v) is 14.9. The maximum atomic E-state index is 12.7. The van der Waals surface area contributed by atoms with Gasteiger partial charge in [0.05, 0.1) is 38.8 Å². The first kappa shape index (κ1) is 37.8. The second-order valence-corrected chi connectivity index (χ2v) is 10.6. The molecule has 15 nitrogen and oxygen atoms in total. The number of carboxylic acids is 3. The summed E-state index contributed by atoms with van der Waals surface area (Å²) in [6.07, 6.45) is 1.73. The van der Waals surface area contributed by atoms with Crippen LogP contribution >= 0.6 is 0 Å². The lowest BCUT2D eigenvalue weighted by Crippen LogP contribution is -2.45. The third-order valence-corrected chi connectivity index (χ3v) is 6.80. The van der Waals surface area contributed by atoms with Crippen molar-refractivity contribution in [2.75, 3.05) is 59.0 Å². The van der Waals surface area contributed by atoms with Gasteiger partial charge < -0.3 is 31.7 Å². The highest BCUT2D eigenvalue weighted by molar-refractivity contribution is 5.80. The van der Waals surface area contributed by atoms with E-state index < -0.39 is 37.0 Å². The summed E-state index contributed by atoms with van der Waals surface area (Å²) >= 11 is 0. The fraction of sp³-hybridized carbons (Fsp3) is 0.452. The van der Waals surface area contributed by atoms with Gasteiger partial charge in [-0.25, -0.2) is 5.48 Å². The van der Waals surface area contributed by atoms with E-state index in [1.165, 1.54) is 4.90 Å². The fourth-order valence-electron chi connectivity index (χ4n) is 4.33. The molecule has 0 bridgehead atoms. The zero-order valence-corrected chi connectivity index (χ0v) is 25.7. The lowest BCUT2D eigenvalue weighted by molar-refractivity contribution is -0.142. The summed E-state index contributed by atoms with van der Waals surface area (Å²) in [5.74, 6) is -4.06. The number of carbonyl (C=O) groups is 5. The second-order valence-electron chi connectivity index (χ2n) is 10.6. The number of carboxylic acid groups (broad SMARTS) is 3. The molecule has 0 aliphatic heterocycles. The summed E-state index contributed by atoms with van der Waals surface area (Å²) in [6.45, 7) is 0.0687. The molecule has 0 saturated carbocycles. The van der Waals surface area contributed by atoms with Crippen molar-refractivity contribution in [3.8, 4) is 0 Å². The standard InChI is InChI=1S/C31H44N6O9/c32-26(11-10-23-4-2-1-3-5-23)31(45)35-46-17-12-24-6-8-25(9-7-24)18-34-27(38)20-36(14-13-33-19-28(39)40)15-16-37(21-29(41)42)22-30(43)44/h1-9,26,33H,10-22,32H2,(H,34,38)(H,35,45)(H,39,40)(H,41,42)(H,43,44)/t26-/m1/s1. The number of aryl methyl sites for hydroxylation is 1. The SMILES string of the molecule is N[C@H](CCc1ccccc1)C(=O)NOCCc1ccc(CNC(=O)CN(CCNCC(=O)O)CCN(CC(=O)O)CC(=O)O)cc1. The number of nitrogens with one attached hydrogen (secondary N) is 3. The van der Waals surface area contributed by atoms with Gasteiger partial charge in [0, 0.05) is 32.7 Å².